The smallest absolute Gasteiger partial charge is 0.119 e. The van der Waals surface area contributed by atoms with Crippen LogP contribution in [-0.4, -0.2) is 8.76 Å². The molecule has 3 nitrogen and oxygen atoms in total. The highest BCUT2D eigenvalue weighted by Gasteiger charge is 1.99. The second-order valence-electron chi connectivity index (χ2n) is 4.49. The maximum atomic E-state index is 10.7. The Morgan fingerprint density at radius 2 is 1.63 bits per heavy atom. The number of hydrogen-bond acceptors (Lipinski definition) is 3. The van der Waals surface area contributed by atoms with Gasteiger partial charge in [-0.15, -0.1) is 0 Å². The molecular weight excluding hydrogens is 260 g/mol. The molecule has 0 radical (unpaired) electrons. The van der Waals surface area contributed by atoms with Gasteiger partial charge < -0.3 is 9.29 Å². The summed E-state index contributed by atoms with van der Waals surface area (Å²) < 4.78 is 27.1. The Morgan fingerprint density at radius 1 is 1.05 bits per heavy atom. The Kier molecular flexibility index (Phi) is 4.35. The van der Waals surface area contributed by atoms with E-state index in [2.05, 4.69) is 32.0 Å². The predicted molar refractivity (Wildman–Crippen MR) is 73.9 cm³/mol. The average molecular weight is 275 g/mol. The Labute approximate surface area is 115 Å². The molecule has 0 saturated carbocycles. The number of benzene rings is 2. The van der Waals surface area contributed by atoms with Crippen molar-refractivity contribution in [2.24, 2.45) is 0 Å². The molecular formula is C15H15O3S-. The fourth-order valence-electron chi connectivity index (χ4n) is 1.97. The highest BCUT2D eigenvalue weighted by Crippen LogP contribution is 2.16. The fourth-order valence-corrected chi connectivity index (χ4v) is 2.32. The maximum Gasteiger partial charge on any atom is 0.119 e. The Balaban J connectivity index is 2.03. The molecule has 2 aromatic rings. The lowest BCUT2D eigenvalue weighted by Crippen LogP contribution is -1.97. The lowest BCUT2D eigenvalue weighted by molar-refractivity contribution is 0.306. The third-order valence-electron chi connectivity index (χ3n) is 2.70. The molecule has 100 valence electrons. The zero-order valence-electron chi connectivity index (χ0n) is 10.9. The van der Waals surface area contributed by atoms with E-state index in [1.165, 1.54) is 23.3 Å². The van der Waals surface area contributed by atoms with E-state index >= 15 is 0 Å². The zero-order chi connectivity index (χ0) is 13.8. The summed E-state index contributed by atoms with van der Waals surface area (Å²) in [5.74, 6) is 0.661. The summed E-state index contributed by atoms with van der Waals surface area (Å²) >= 11 is -2.19. The molecule has 0 fully saturated rings. The van der Waals surface area contributed by atoms with Gasteiger partial charge in [0.1, 0.15) is 12.4 Å². The van der Waals surface area contributed by atoms with Gasteiger partial charge in [0, 0.05) is 4.90 Å². The second kappa shape index (κ2) is 5.99. The molecule has 0 aliphatic heterocycles. The van der Waals surface area contributed by atoms with E-state index in [1.54, 1.807) is 12.1 Å². The molecule has 2 aromatic carbocycles. The van der Waals surface area contributed by atoms with Gasteiger partial charge in [0.25, 0.3) is 0 Å². The largest absolute Gasteiger partial charge is 0.768 e. The van der Waals surface area contributed by atoms with E-state index in [9.17, 15) is 8.76 Å². The van der Waals surface area contributed by atoms with Crippen LogP contribution in [0, 0.1) is 13.8 Å². The summed E-state index contributed by atoms with van der Waals surface area (Å²) in [6, 6.07) is 12.6. The molecule has 2 rings (SSSR count). The van der Waals surface area contributed by atoms with Crippen molar-refractivity contribution in [2.45, 2.75) is 25.3 Å². The molecule has 4 heteroatoms. The Bertz CT molecular complexity index is 571. The van der Waals surface area contributed by atoms with Crippen LogP contribution in [-0.2, 0) is 17.7 Å². The van der Waals surface area contributed by atoms with Crippen LogP contribution in [0.4, 0.5) is 0 Å². The molecule has 0 amide bonds. The summed E-state index contributed by atoms with van der Waals surface area (Å²) in [7, 11) is 0. The van der Waals surface area contributed by atoms with E-state index in [-0.39, 0.29) is 4.90 Å². The molecule has 1 atom stereocenters. The van der Waals surface area contributed by atoms with Crippen LogP contribution in [0.25, 0.3) is 0 Å². The van der Waals surface area contributed by atoms with Crippen molar-refractivity contribution in [1.82, 2.24) is 0 Å². The van der Waals surface area contributed by atoms with Crippen LogP contribution in [0.2, 0.25) is 0 Å². The van der Waals surface area contributed by atoms with E-state index < -0.39 is 11.1 Å². The van der Waals surface area contributed by atoms with Gasteiger partial charge in [0.15, 0.2) is 0 Å². The second-order valence-corrected chi connectivity index (χ2v) is 5.43. The first-order valence-corrected chi connectivity index (χ1v) is 7.01. The van der Waals surface area contributed by atoms with Gasteiger partial charge >= 0.3 is 0 Å². The van der Waals surface area contributed by atoms with E-state index in [0.717, 1.165) is 5.56 Å². The molecule has 0 bridgehead atoms. The lowest BCUT2D eigenvalue weighted by Gasteiger charge is -2.09. The van der Waals surface area contributed by atoms with Gasteiger partial charge in [-0.2, -0.15) is 0 Å². The molecule has 0 aliphatic carbocycles. The number of hydrogen-bond donors (Lipinski definition) is 0. The molecule has 1 unspecified atom stereocenters. The van der Waals surface area contributed by atoms with Crippen molar-refractivity contribution >= 4 is 11.1 Å². The third-order valence-corrected chi connectivity index (χ3v) is 3.36. The first kappa shape index (κ1) is 13.8. The summed E-state index contributed by atoms with van der Waals surface area (Å²) in [4.78, 5) is 0.263. The van der Waals surface area contributed by atoms with Crippen molar-refractivity contribution in [2.75, 3.05) is 0 Å². The summed E-state index contributed by atoms with van der Waals surface area (Å²) in [6.45, 7) is 4.58. The van der Waals surface area contributed by atoms with Crippen LogP contribution in [0.15, 0.2) is 47.4 Å². The minimum atomic E-state index is -2.19. The quantitative estimate of drug-likeness (QED) is 0.805. The number of rotatable bonds is 4. The zero-order valence-corrected chi connectivity index (χ0v) is 11.7. The van der Waals surface area contributed by atoms with Gasteiger partial charge in [-0.1, -0.05) is 29.3 Å². The van der Waals surface area contributed by atoms with Crippen molar-refractivity contribution in [3.8, 4) is 5.75 Å². The molecule has 0 spiro atoms. The van der Waals surface area contributed by atoms with Crippen molar-refractivity contribution in [3.63, 3.8) is 0 Å². The minimum absolute atomic E-state index is 0.263. The van der Waals surface area contributed by atoms with Crippen LogP contribution in [0.1, 0.15) is 16.7 Å². The van der Waals surface area contributed by atoms with Gasteiger partial charge in [0.05, 0.1) is 0 Å². The highest BCUT2D eigenvalue weighted by molar-refractivity contribution is 7.79. The summed E-state index contributed by atoms with van der Waals surface area (Å²) in [5.41, 5.74) is 3.51. The van der Waals surface area contributed by atoms with Crippen molar-refractivity contribution in [1.29, 1.82) is 0 Å². The average Bonchev–Trinajstić information content (AvgIpc) is 2.36. The highest BCUT2D eigenvalue weighted by atomic mass is 32.2. The normalized spacial score (nSPS) is 12.2. The maximum absolute atomic E-state index is 10.7. The molecule has 0 aliphatic rings. The molecule has 0 heterocycles. The monoisotopic (exact) mass is 275 g/mol. The molecule has 0 N–H and O–H groups in total. The molecule has 19 heavy (non-hydrogen) atoms. The SMILES string of the molecule is Cc1cc(C)cc(COc2ccc(S(=O)[O-])cc2)c1. The van der Waals surface area contributed by atoms with E-state index in [4.69, 9.17) is 4.74 Å². The lowest BCUT2D eigenvalue weighted by atomic mass is 10.1. The minimum Gasteiger partial charge on any atom is -0.768 e. The van der Waals surface area contributed by atoms with Crippen LogP contribution in [0.5, 0.6) is 5.75 Å². The van der Waals surface area contributed by atoms with Gasteiger partial charge in [-0.3, -0.25) is 4.21 Å². The van der Waals surface area contributed by atoms with E-state index in [0.29, 0.717) is 12.4 Å². The van der Waals surface area contributed by atoms with Crippen LogP contribution in [0.3, 0.4) is 0 Å². The third kappa shape index (κ3) is 3.91. The van der Waals surface area contributed by atoms with Gasteiger partial charge in [0.2, 0.25) is 0 Å². The number of ether oxygens (including phenoxy) is 1. The van der Waals surface area contributed by atoms with Crippen LogP contribution >= 0.6 is 0 Å². The molecule has 0 aromatic heterocycles. The standard InChI is InChI=1S/C15H16O3S/c1-11-7-12(2)9-13(8-11)10-18-14-3-5-15(6-4-14)19(16)17/h3-9H,10H2,1-2H3,(H,16,17)/p-1. The fraction of sp³-hybridized carbons (Fsp3) is 0.200. The van der Waals surface area contributed by atoms with Gasteiger partial charge in [-0.25, -0.2) is 0 Å². The van der Waals surface area contributed by atoms with Gasteiger partial charge in [-0.05, 0) is 54.8 Å². The van der Waals surface area contributed by atoms with Crippen molar-refractivity contribution < 1.29 is 13.5 Å². The van der Waals surface area contributed by atoms with Crippen LogP contribution < -0.4 is 4.74 Å². The Morgan fingerprint density at radius 3 is 2.16 bits per heavy atom. The Hall–Kier alpha value is -1.65. The topological polar surface area (TPSA) is 49.4 Å². The molecule has 0 saturated heterocycles. The summed E-state index contributed by atoms with van der Waals surface area (Å²) in [5, 5.41) is 0. The summed E-state index contributed by atoms with van der Waals surface area (Å²) in [6.07, 6.45) is 0. The first-order chi connectivity index (χ1) is 9.04. The predicted octanol–water partition coefficient (Wildman–Crippen LogP) is 3.12. The number of aryl methyl sites for hydroxylation is 2. The van der Waals surface area contributed by atoms with Crippen molar-refractivity contribution in [3.05, 3.63) is 59.2 Å². The van der Waals surface area contributed by atoms with E-state index in [1.807, 2.05) is 0 Å². The first-order valence-electron chi connectivity index (χ1n) is 5.94.